The van der Waals surface area contributed by atoms with Gasteiger partial charge in [0.1, 0.15) is 11.5 Å². The maximum atomic E-state index is 11.0. The molecule has 0 aliphatic rings. The van der Waals surface area contributed by atoms with Crippen LogP contribution >= 0.6 is 23.2 Å². The lowest BCUT2D eigenvalue weighted by Crippen LogP contribution is -2.10. The number of nitrogens with one attached hydrogen (secondary N) is 1. The van der Waals surface area contributed by atoms with Crippen molar-refractivity contribution in [3.8, 4) is 0 Å². The Bertz CT molecular complexity index is 642. The zero-order chi connectivity index (χ0) is 14.7. The molecule has 1 aromatic carbocycles. The lowest BCUT2D eigenvalue weighted by atomic mass is 10.2. The van der Waals surface area contributed by atoms with E-state index in [0.717, 1.165) is 5.82 Å². The Kier molecular flexibility index (Phi) is 4.46. The fourth-order valence-electron chi connectivity index (χ4n) is 1.78. The number of anilines is 1. The minimum absolute atomic E-state index is 0.0979. The van der Waals surface area contributed by atoms with Gasteiger partial charge in [0.05, 0.1) is 15.0 Å². The summed E-state index contributed by atoms with van der Waals surface area (Å²) < 4.78 is 1.89. The van der Waals surface area contributed by atoms with Crippen molar-refractivity contribution in [1.29, 1.82) is 0 Å². The van der Waals surface area contributed by atoms with Gasteiger partial charge in [-0.25, -0.2) is 4.98 Å². The van der Waals surface area contributed by atoms with Crippen LogP contribution in [-0.4, -0.2) is 21.0 Å². The topological polar surface area (TPSA) is 73.0 Å². The van der Waals surface area contributed by atoms with E-state index in [1.165, 1.54) is 12.1 Å². The molecule has 106 valence electrons. The van der Waals surface area contributed by atoms with Gasteiger partial charge in [0.15, 0.2) is 0 Å². The number of nitro groups is 1. The summed E-state index contributed by atoms with van der Waals surface area (Å²) in [5.74, 6) is 0.889. The number of halogens is 2. The summed E-state index contributed by atoms with van der Waals surface area (Å²) in [4.78, 5) is 14.7. The van der Waals surface area contributed by atoms with E-state index in [9.17, 15) is 10.1 Å². The van der Waals surface area contributed by atoms with Gasteiger partial charge in [0.25, 0.3) is 5.69 Å². The van der Waals surface area contributed by atoms with E-state index in [4.69, 9.17) is 23.2 Å². The average molecular weight is 315 g/mol. The Hall–Kier alpha value is -1.79. The van der Waals surface area contributed by atoms with E-state index in [1.54, 1.807) is 6.20 Å². The maximum absolute atomic E-state index is 11.0. The van der Waals surface area contributed by atoms with Crippen molar-refractivity contribution in [1.82, 2.24) is 9.55 Å². The fraction of sp³-hybridized carbons (Fsp3) is 0.250. The van der Waals surface area contributed by atoms with Crippen molar-refractivity contribution in [3.05, 3.63) is 50.5 Å². The first-order valence-corrected chi connectivity index (χ1v) is 6.58. The average Bonchev–Trinajstić information content (AvgIpc) is 2.79. The Labute approximate surface area is 125 Å². The molecule has 8 heteroatoms. The van der Waals surface area contributed by atoms with E-state index in [0.29, 0.717) is 18.7 Å². The number of hydrogen-bond acceptors (Lipinski definition) is 4. The number of nitro benzene ring substituents is 1. The van der Waals surface area contributed by atoms with Gasteiger partial charge in [-0.2, -0.15) is 0 Å². The first-order valence-electron chi connectivity index (χ1n) is 5.82. The van der Waals surface area contributed by atoms with Gasteiger partial charge in [-0.3, -0.25) is 10.1 Å². The standard InChI is InChI=1S/C12H12Cl2N4O2/c1-17-5-4-16-12(17)2-3-15-10-6-8(13)9(14)7-11(10)18(19)20/h4-7,15H,2-3H2,1H3. The number of hydrogen-bond donors (Lipinski definition) is 1. The summed E-state index contributed by atoms with van der Waals surface area (Å²) in [5.41, 5.74) is 0.248. The lowest BCUT2D eigenvalue weighted by Gasteiger charge is -2.08. The van der Waals surface area contributed by atoms with Crippen LogP contribution < -0.4 is 5.32 Å². The van der Waals surface area contributed by atoms with Gasteiger partial charge >= 0.3 is 0 Å². The van der Waals surface area contributed by atoms with Crippen LogP contribution in [0, 0.1) is 10.1 Å². The Morgan fingerprint density at radius 2 is 2.10 bits per heavy atom. The second kappa shape index (κ2) is 6.11. The van der Waals surface area contributed by atoms with Crippen molar-refractivity contribution in [2.24, 2.45) is 7.05 Å². The minimum atomic E-state index is -0.495. The molecule has 0 aliphatic heterocycles. The molecule has 0 atom stereocenters. The van der Waals surface area contributed by atoms with Crippen LogP contribution in [0.5, 0.6) is 0 Å². The summed E-state index contributed by atoms with van der Waals surface area (Å²) >= 11 is 11.7. The smallest absolute Gasteiger partial charge is 0.293 e. The van der Waals surface area contributed by atoms with Crippen molar-refractivity contribution in [2.45, 2.75) is 6.42 Å². The molecule has 6 nitrogen and oxygen atoms in total. The predicted molar refractivity (Wildman–Crippen MR) is 78.5 cm³/mol. The first-order chi connectivity index (χ1) is 9.49. The Morgan fingerprint density at radius 3 is 2.70 bits per heavy atom. The predicted octanol–water partition coefficient (Wildman–Crippen LogP) is 3.29. The molecular formula is C12H12Cl2N4O2. The summed E-state index contributed by atoms with van der Waals surface area (Å²) in [7, 11) is 1.89. The van der Waals surface area contributed by atoms with Crippen LogP contribution in [0.4, 0.5) is 11.4 Å². The summed E-state index contributed by atoms with van der Waals surface area (Å²) in [5, 5.41) is 14.4. The lowest BCUT2D eigenvalue weighted by molar-refractivity contribution is -0.383. The van der Waals surface area contributed by atoms with Gasteiger partial charge in [0, 0.05) is 38.5 Å². The zero-order valence-electron chi connectivity index (χ0n) is 10.6. The molecule has 0 spiro atoms. The van der Waals surface area contributed by atoms with Crippen molar-refractivity contribution in [3.63, 3.8) is 0 Å². The number of rotatable bonds is 5. The van der Waals surface area contributed by atoms with E-state index >= 15 is 0 Å². The van der Waals surface area contributed by atoms with Crippen LogP contribution in [0.25, 0.3) is 0 Å². The van der Waals surface area contributed by atoms with E-state index in [-0.39, 0.29) is 15.7 Å². The summed E-state index contributed by atoms with van der Waals surface area (Å²) in [6.07, 6.45) is 4.19. The molecule has 0 fully saturated rings. The van der Waals surface area contributed by atoms with Crippen molar-refractivity contribution >= 4 is 34.6 Å². The quantitative estimate of drug-likeness (QED) is 0.679. The maximum Gasteiger partial charge on any atom is 0.293 e. The molecule has 0 unspecified atom stereocenters. The molecule has 0 saturated heterocycles. The van der Waals surface area contributed by atoms with E-state index < -0.39 is 4.92 Å². The molecule has 1 heterocycles. The third-order valence-electron chi connectivity index (χ3n) is 2.82. The molecule has 0 aliphatic carbocycles. The van der Waals surface area contributed by atoms with Crippen LogP contribution in [0.1, 0.15) is 5.82 Å². The Morgan fingerprint density at radius 1 is 1.40 bits per heavy atom. The number of aromatic nitrogens is 2. The summed E-state index contributed by atoms with van der Waals surface area (Å²) in [6, 6.07) is 2.70. The minimum Gasteiger partial charge on any atom is -0.379 e. The van der Waals surface area contributed by atoms with Gasteiger partial charge in [-0.05, 0) is 6.07 Å². The van der Waals surface area contributed by atoms with Crippen LogP contribution in [0.3, 0.4) is 0 Å². The van der Waals surface area contributed by atoms with Crippen LogP contribution in [-0.2, 0) is 13.5 Å². The second-order valence-electron chi connectivity index (χ2n) is 4.17. The van der Waals surface area contributed by atoms with Crippen LogP contribution in [0.2, 0.25) is 10.0 Å². The van der Waals surface area contributed by atoms with Gasteiger partial charge in [0.2, 0.25) is 0 Å². The molecule has 0 saturated carbocycles. The highest BCUT2D eigenvalue weighted by atomic mass is 35.5. The third-order valence-corrected chi connectivity index (χ3v) is 3.54. The van der Waals surface area contributed by atoms with Gasteiger partial charge < -0.3 is 9.88 Å². The van der Waals surface area contributed by atoms with Crippen LogP contribution in [0.15, 0.2) is 24.5 Å². The van der Waals surface area contributed by atoms with Gasteiger partial charge in [-0.15, -0.1) is 0 Å². The number of imidazole rings is 1. The van der Waals surface area contributed by atoms with E-state index in [1.807, 2.05) is 17.8 Å². The molecule has 1 N–H and O–H groups in total. The third kappa shape index (κ3) is 3.20. The molecule has 0 bridgehead atoms. The SMILES string of the molecule is Cn1ccnc1CCNc1cc(Cl)c(Cl)cc1[N+](=O)[O-]. The molecule has 20 heavy (non-hydrogen) atoms. The highest BCUT2D eigenvalue weighted by molar-refractivity contribution is 6.42. The molecule has 0 amide bonds. The first kappa shape index (κ1) is 14.6. The highest BCUT2D eigenvalue weighted by Gasteiger charge is 2.16. The molecule has 2 aromatic rings. The molecule has 0 radical (unpaired) electrons. The number of benzene rings is 1. The number of nitrogens with zero attached hydrogens (tertiary/aromatic N) is 3. The Balaban J connectivity index is 2.11. The molecule has 1 aromatic heterocycles. The van der Waals surface area contributed by atoms with Crippen molar-refractivity contribution < 1.29 is 4.92 Å². The molecular weight excluding hydrogens is 303 g/mol. The second-order valence-corrected chi connectivity index (χ2v) is 4.99. The van der Waals surface area contributed by atoms with Crippen molar-refractivity contribution in [2.75, 3.05) is 11.9 Å². The van der Waals surface area contributed by atoms with E-state index in [2.05, 4.69) is 10.3 Å². The fourth-order valence-corrected chi connectivity index (χ4v) is 2.10. The number of aryl methyl sites for hydroxylation is 1. The summed E-state index contributed by atoms with van der Waals surface area (Å²) in [6.45, 7) is 0.504. The normalized spacial score (nSPS) is 10.6. The zero-order valence-corrected chi connectivity index (χ0v) is 12.1. The molecule has 2 rings (SSSR count). The monoisotopic (exact) mass is 314 g/mol. The van der Waals surface area contributed by atoms with Gasteiger partial charge in [-0.1, -0.05) is 23.2 Å². The highest BCUT2D eigenvalue weighted by Crippen LogP contribution is 2.33. The largest absolute Gasteiger partial charge is 0.379 e.